The molecule has 0 rings (SSSR count). The van der Waals surface area contributed by atoms with Gasteiger partial charge < -0.3 is 23.8 Å². The Hall–Kier alpha value is 14.5. The number of carbonyl (C=O) groups is 3. The molecule has 0 saturated carbocycles. The average Bonchev–Trinajstić information content (AvgIpc) is 3.23. The first-order chi connectivity index (χ1) is 29.5. The monoisotopic (exact) mass is 3100 g/mol. The predicted molar refractivity (Wildman–Crippen MR) is 495 cm³/mol. The van der Waals surface area contributed by atoms with Crippen molar-refractivity contribution in [3.05, 3.63) is 0 Å². The molecule has 64 heavy (non-hydrogen) atoms. The molecular weight excluding hydrogens is 3060 g/mol. The third-order valence-corrected chi connectivity index (χ3v) is 52.8. The molecule has 8 nitrogen and oxygen atoms in total. The van der Waals surface area contributed by atoms with Crippen molar-refractivity contribution >= 4 is 581 Å². The molecule has 0 aliphatic rings. The molecule has 0 aromatic carbocycles. The second-order valence-corrected chi connectivity index (χ2v) is 48.2. The molecule has 0 radical (unpaired) electrons. The maximum atomic E-state index is 13.8. The van der Waals surface area contributed by atoms with Gasteiger partial charge in [0.15, 0.2) is 58.1 Å². The van der Waals surface area contributed by atoms with Crippen molar-refractivity contribution in [3.63, 3.8) is 0 Å². The maximum absolute atomic E-state index is 13.8. The predicted octanol–water partition coefficient (Wildman–Crippen LogP) is 7.16. The quantitative estimate of drug-likeness (QED) is 0.0529. The highest BCUT2D eigenvalue weighted by atomic mass is 127. The van der Waals surface area contributed by atoms with E-state index in [1.54, 1.807) is 35.0 Å². The lowest BCUT2D eigenvalue weighted by Gasteiger charge is -2.37. The van der Waals surface area contributed by atoms with Crippen LogP contribution in [0.1, 0.15) is 20.8 Å². The zero-order valence-electron chi connectivity index (χ0n) is 34.6. The van der Waals surface area contributed by atoms with E-state index in [0.717, 1.165) is 28.2 Å². The number of rotatable bonds is 32. The van der Waals surface area contributed by atoms with Gasteiger partial charge in [0.1, 0.15) is 0 Å². The Labute approximate surface area is 663 Å². The van der Waals surface area contributed by atoms with Crippen LogP contribution in [0.2, 0.25) is 0 Å². The van der Waals surface area contributed by atoms with Crippen molar-refractivity contribution in [2.45, 2.75) is 20.8 Å². The van der Waals surface area contributed by atoms with Crippen LogP contribution in [0.25, 0.3) is 0 Å². The summed E-state index contributed by atoms with van der Waals surface area (Å²) in [7, 11) is 7.90. The minimum absolute atomic E-state index is 0.0367. The van der Waals surface area contributed by atoms with Crippen LogP contribution in [0.15, 0.2) is 0 Å². The summed E-state index contributed by atoms with van der Waals surface area (Å²) in [5.74, 6) is 0.280. The van der Waals surface area contributed by atoms with Gasteiger partial charge in [-0.15, -0.1) is 134 Å². The van der Waals surface area contributed by atoms with Gasteiger partial charge in [0.05, 0.1) is 41.5 Å². The molecule has 0 bridgehead atoms. The van der Waals surface area contributed by atoms with Crippen LogP contribution < -0.4 is 0 Å². The van der Waals surface area contributed by atoms with E-state index in [1.165, 1.54) is 0 Å². The number of hydrogen-bond acceptors (Lipinski definition) is 5. The number of hydrogen-bond donors (Lipinski definition) is 0. The Morgan fingerprint density at radius 3 is 0.891 bits per heavy atom. The molecule has 3 amide bonds. The van der Waals surface area contributed by atoms with Gasteiger partial charge in [0.2, 0.25) is 38.4 Å². The minimum atomic E-state index is -0.0367. The molecule has 332 valence electrons. The highest BCUT2D eigenvalue weighted by Crippen LogP contribution is 2.33. The number of carbonyl (C=O) groups excluding carboxylic acids is 3. The molecule has 0 saturated heterocycles. The van der Waals surface area contributed by atoms with Gasteiger partial charge in [-0.1, -0.05) is 0 Å². The van der Waals surface area contributed by atoms with Crippen LogP contribution in [0, 0.1) is 0 Å². The second kappa shape index (κ2) is 43.2. The van der Waals surface area contributed by atoms with Crippen LogP contribution in [0.4, 0.5) is 0 Å². The van der Waals surface area contributed by atoms with Crippen molar-refractivity contribution in [2.75, 3.05) is 40.5 Å². The molecule has 0 aromatic heterocycles. The van der Waals surface area contributed by atoms with Crippen molar-refractivity contribution in [1.82, 2.24) is 14.3 Å². The van der Waals surface area contributed by atoms with Crippen LogP contribution in [-0.4, -0.2) is 189 Å². The van der Waals surface area contributed by atoms with Crippen LogP contribution in [0.5, 0.6) is 0 Å². The highest BCUT2D eigenvalue weighted by Gasteiger charge is 2.57. The lowest BCUT2D eigenvalue weighted by atomic mass is 8.82. The van der Waals surface area contributed by atoms with Gasteiger partial charge in [0.25, 0.3) is 9.19 Å². The fourth-order valence-electron chi connectivity index (χ4n) is 6.29. The van der Waals surface area contributed by atoms with E-state index in [2.05, 4.69) is 462 Å². The number of halogens is 20. The normalized spacial score (nSPS) is 10.2. The summed E-state index contributed by atoms with van der Waals surface area (Å²) in [6.07, 6.45) is 0. The molecule has 0 atom stereocenters. The Morgan fingerprint density at radius 2 is 0.656 bits per heavy atom. The Bertz CT molecular complexity index is 1300. The average molecular weight is 3090 g/mol. The van der Waals surface area contributed by atoms with Crippen molar-refractivity contribution in [3.8, 4) is 0 Å². The largest absolute Gasteiger partial charge is 0.425 e. The van der Waals surface area contributed by atoms with Crippen LogP contribution >= 0.6 is 447 Å². The van der Waals surface area contributed by atoms with E-state index in [1.807, 2.05) is 0 Å². The van der Waals surface area contributed by atoms with Crippen molar-refractivity contribution in [2.24, 2.45) is 0 Å². The first-order valence-corrected chi connectivity index (χ1v) is 44.1. The Morgan fingerprint density at radius 1 is 0.391 bits per heavy atom. The van der Waals surface area contributed by atoms with Gasteiger partial charge >= 0.3 is 0 Å². The van der Waals surface area contributed by atoms with E-state index in [-0.39, 0.29) is 92.4 Å². The molecule has 0 heterocycles. The topological polar surface area (TPSA) is 79.4 Å². The third-order valence-electron chi connectivity index (χ3n) is 9.77. The van der Waals surface area contributed by atoms with Gasteiger partial charge in [-0.25, -0.2) is 0 Å². The van der Waals surface area contributed by atoms with Crippen LogP contribution in [0.3, 0.4) is 0 Å². The fraction of sp³-hybridized carbons (Fsp3) is 0.750. The summed E-state index contributed by atoms with van der Waals surface area (Å²) in [5, 5.41) is 0. The van der Waals surface area contributed by atoms with E-state index >= 15 is 0 Å². The molecule has 0 spiro atoms. The summed E-state index contributed by atoms with van der Waals surface area (Å²) >= 11 is 52.0. The zero-order valence-corrected chi connectivity index (χ0v) is 77.8. The molecule has 52 heteroatoms. The number of ether oxygens (including phenoxy) is 2. The standard InChI is InChI=1S/C12H27B24I20N3O5/c1-10(60)57(6-8-63-4)33(21(43)17(37)13-15-19(39)40)29(51)25(47)23(45)27(49)31(53)35(55)59(12(3)62)36(56)32(54)28(50)24(46)26(48)30(52)34(58(11(2)61)7-9-64-5)22(44)18(38)14-16-20(41)42/h13-16H,6-9H2,1-5H3. The molecule has 0 unspecified atom stereocenters. The van der Waals surface area contributed by atoms with Crippen molar-refractivity contribution in [1.29, 1.82) is 0 Å². The molecular formula is C12H27B24I20N3O5. The first kappa shape index (κ1) is 78.5. The maximum Gasteiger partial charge on any atom is 0.284 e. The minimum Gasteiger partial charge on any atom is -0.425 e. The summed E-state index contributed by atoms with van der Waals surface area (Å²) < 4.78 is 17.9. The highest BCUT2D eigenvalue weighted by molar-refractivity contribution is 14.3. The summed E-state index contributed by atoms with van der Waals surface area (Å²) in [5.41, 5.74) is 0. The summed E-state index contributed by atoms with van der Waals surface area (Å²) in [6, 6.07) is 0. The SMILES string of the molecule is COCCN(B(B(I)B(I)BBB(I)I)B(I)B(I)B(I)B(I)B(I)B(I)N(B(I)B(I)B(I)B(I)B(I)B(I)B(B(I)B(I)BBB(I)I)N(CCOC)C(C)=O)C(C)=O)C(C)=O. The zero-order chi connectivity index (χ0) is 50.1. The van der Waals surface area contributed by atoms with Crippen molar-refractivity contribution < 1.29 is 23.9 Å². The fourth-order valence-corrected chi connectivity index (χ4v) is 32.0. The Kier molecular flexibility index (Phi) is 52.9. The lowest BCUT2D eigenvalue weighted by molar-refractivity contribution is -0.125. The first-order valence-electron chi connectivity index (χ1n) is 19.2. The van der Waals surface area contributed by atoms with Gasteiger partial charge in [-0.3, -0.25) is 14.4 Å². The molecule has 0 N–H and O–H groups in total. The van der Waals surface area contributed by atoms with Crippen LogP contribution in [-0.2, 0) is 23.9 Å². The van der Waals surface area contributed by atoms with E-state index in [0.29, 0.717) is 39.6 Å². The number of nitrogens with zero attached hydrogens (tertiary/aromatic N) is 3. The molecule has 0 aromatic rings. The summed E-state index contributed by atoms with van der Waals surface area (Å²) in [6.45, 7) is 7.38. The molecule has 0 fully saturated rings. The second-order valence-electron chi connectivity index (χ2n) is 14.4. The Balaban J connectivity index is 6.59. The molecule has 0 aliphatic heterocycles. The van der Waals surface area contributed by atoms with E-state index in [9.17, 15) is 14.4 Å². The number of methoxy groups -OCH3 is 2. The summed E-state index contributed by atoms with van der Waals surface area (Å²) in [4.78, 5) is 44.6. The third kappa shape index (κ3) is 28.1. The van der Waals surface area contributed by atoms with Gasteiger partial charge in [0, 0.05) is 48.1 Å². The van der Waals surface area contributed by atoms with E-state index in [4.69, 9.17) is 9.47 Å². The number of amides is 3. The molecule has 0 aliphatic carbocycles. The van der Waals surface area contributed by atoms with Gasteiger partial charge in [-0.05, 0) is 0 Å². The van der Waals surface area contributed by atoms with E-state index < -0.39 is 0 Å². The smallest absolute Gasteiger partial charge is 0.284 e. The van der Waals surface area contributed by atoms with Gasteiger partial charge in [-0.2, -0.15) is 313 Å². The lowest BCUT2D eigenvalue weighted by Crippen LogP contribution is -2.70.